The van der Waals surface area contributed by atoms with Crippen molar-refractivity contribution in [2.24, 2.45) is 11.8 Å². The van der Waals surface area contributed by atoms with Gasteiger partial charge in [0.2, 0.25) is 11.8 Å². The SMILES string of the molecule is CC(C)(C)N1CC=C[C@]23S[C@@H]4/C=C\CCCOC(=O)[C@@H]4[C@H]2C(=O)N(CCO)C3C1=O. The Morgan fingerprint density at radius 2 is 2.00 bits per heavy atom. The molecule has 4 heterocycles. The maximum absolute atomic E-state index is 13.8. The highest BCUT2D eigenvalue weighted by atomic mass is 32.2. The number of allylic oxidation sites excluding steroid dienone is 1. The molecule has 4 aliphatic heterocycles. The minimum absolute atomic E-state index is 0.0716. The summed E-state index contributed by atoms with van der Waals surface area (Å²) in [5, 5.41) is 9.41. The molecular weight excluding hydrogens is 404 g/mol. The fraction of sp³-hybridized carbons (Fsp3) is 0.682. The van der Waals surface area contributed by atoms with Gasteiger partial charge in [-0.15, -0.1) is 11.8 Å². The van der Waals surface area contributed by atoms with Crippen molar-refractivity contribution in [1.82, 2.24) is 9.80 Å². The Kier molecular flexibility index (Phi) is 5.51. The van der Waals surface area contributed by atoms with Gasteiger partial charge in [0.1, 0.15) is 6.04 Å². The molecule has 2 fully saturated rings. The summed E-state index contributed by atoms with van der Waals surface area (Å²) in [7, 11) is 0. The summed E-state index contributed by atoms with van der Waals surface area (Å²) in [4.78, 5) is 43.7. The molecule has 5 atom stereocenters. The fourth-order valence-electron chi connectivity index (χ4n) is 5.20. The van der Waals surface area contributed by atoms with Crippen LogP contribution in [0.25, 0.3) is 0 Å². The molecule has 8 heteroatoms. The number of hydrogen-bond acceptors (Lipinski definition) is 6. The minimum atomic E-state index is -0.846. The van der Waals surface area contributed by atoms with Crippen molar-refractivity contribution in [2.45, 2.75) is 55.2 Å². The third kappa shape index (κ3) is 3.19. The van der Waals surface area contributed by atoms with Gasteiger partial charge < -0.3 is 19.6 Å². The largest absolute Gasteiger partial charge is 0.465 e. The lowest BCUT2D eigenvalue weighted by Gasteiger charge is -2.40. The zero-order valence-corrected chi connectivity index (χ0v) is 18.6. The lowest BCUT2D eigenvalue weighted by Crippen LogP contribution is -2.57. The first-order chi connectivity index (χ1) is 14.2. The van der Waals surface area contributed by atoms with Gasteiger partial charge in [-0.3, -0.25) is 14.4 Å². The number of hydrogen-bond donors (Lipinski definition) is 1. The van der Waals surface area contributed by atoms with Crippen molar-refractivity contribution >= 4 is 29.5 Å². The highest BCUT2D eigenvalue weighted by Gasteiger charge is 2.71. The number of nitrogens with zero attached hydrogens (tertiary/aromatic N) is 2. The van der Waals surface area contributed by atoms with Gasteiger partial charge in [-0.1, -0.05) is 24.3 Å². The molecule has 4 rings (SSSR count). The van der Waals surface area contributed by atoms with Crippen LogP contribution in [0.1, 0.15) is 33.6 Å². The van der Waals surface area contributed by atoms with E-state index >= 15 is 0 Å². The van der Waals surface area contributed by atoms with Crippen LogP contribution in [0.3, 0.4) is 0 Å². The number of cyclic esters (lactones) is 1. The van der Waals surface area contributed by atoms with Gasteiger partial charge in [0.25, 0.3) is 0 Å². The van der Waals surface area contributed by atoms with Gasteiger partial charge in [0.15, 0.2) is 0 Å². The van der Waals surface area contributed by atoms with E-state index in [1.807, 2.05) is 39.0 Å². The van der Waals surface area contributed by atoms with Crippen molar-refractivity contribution in [2.75, 3.05) is 26.3 Å². The average molecular weight is 435 g/mol. The number of thioether (sulfide) groups is 1. The number of ether oxygens (including phenoxy) is 1. The predicted octanol–water partition coefficient (Wildman–Crippen LogP) is 1.37. The summed E-state index contributed by atoms with van der Waals surface area (Å²) in [5.74, 6) is -2.06. The standard InChI is InChI=1S/C22H30N2O5S/c1-21(2,3)24-10-7-9-22-16(18(26)23(11-12-25)17(22)19(24)27)15-14(30-22)8-5-4-6-13-29-20(15)28/h5,7-9,14-17,25H,4,6,10-13H2,1-3H3/b8-5-/t14-,15+,16+,17?,22+/m1/s1. The van der Waals surface area contributed by atoms with Crippen molar-refractivity contribution in [1.29, 1.82) is 0 Å². The van der Waals surface area contributed by atoms with E-state index in [2.05, 4.69) is 6.08 Å². The summed E-state index contributed by atoms with van der Waals surface area (Å²) >= 11 is 1.53. The fourth-order valence-corrected chi connectivity index (χ4v) is 7.21. The third-order valence-corrected chi connectivity index (χ3v) is 8.25. The van der Waals surface area contributed by atoms with Crippen LogP contribution in [0.4, 0.5) is 0 Å². The molecule has 0 aliphatic carbocycles. The van der Waals surface area contributed by atoms with Gasteiger partial charge in [0.05, 0.1) is 29.8 Å². The van der Waals surface area contributed by atoms with Crippen LogP contribution >= 0.6 is 11.8 Å². The quantitative estimate of drug-likeness (QED) is 0.522. The number of β-amino-alcohol motifs (C(OH)–C–C–N with tert-alkyl or cyclic N) is 1. The second kappa shape index (κ2) is 7.71. The van der Waals surface area contributed by atoms with Crippen molar-refractivity contribution in [3.8, 4) is 0 Å². The maximum atomic E-state index is 13.8. The molecule has 0 bridgehead atoms. The zero-order valence-electron chi connectivity index (χ0n) is 17.7. The van der Waals surface area contributed by atoms with Gasteiger partial charge in [-0.05, 0) is 33.6 Å². The number of carbonyl (C=O) groups is 3. The van der Waals surface area contributed by atoms with Gasteiger partial charge >= 0.3 is 5.97 Å². The maximum Gasteiger partial charge on any atom is 0.311 e. The monoisotopic (exact) mass is 434 g/mol. The molecule has 7 nitrogen and oxygen atoms in total. The third-order valence-electron chi connectivity index (χ3n) is 6.50. The van der Waals surface area contributed by atoms with E-state index in [0.717, 1.165) is 12.8 Å². The van der Waals surface area contributed by atoms with E-state index < -0.39 is 28.2 Å². The van der Waals surface area contributed by atoms with Crippen LogP contribution in [0.15, 0.2) is 24.3 Å². The van der Waals surface area contributed by atoms with Crippen LogP contribution in [-0.2, 0) is 19.1 Å². The summed E-state index contributed by atoms with van der Waals surface area (Å²) < 4.78 is 4.66. The minimum Gasteiger partial charge on any atom is -0.465 e. The zero-order chi connectivity index (χ0) is 21.7. The highest BCUT2D eigenvalue weighted by molar-refractivity contribution is 8.02. The molecule has 164 valence electrons. The number of amides is 2. The molecule has 1 N–H and O–H groups in total. The Bertz CT molecular complexity index is 804. The summed E-state index contributed by atoms with van der Waals surface area (Å²) in [6.07, 6.45) is 9.58. The van der Waals surface area contributed by atoms with Gasteiger partial charge in [0, 0.05) is 23.9 Å². The van der Waals surface area contributed by atoms with Crippen LogP contribution in [0, 0.1) is 11.8 Å². The summed E-state index contributed by atoms with van der Waals surface area (Å²) in [5.41, 5.74) is -0.416. The van der Waals surface area contributed by atoms with E-state index in [1.165, 1.54) is 16.7 Å². The molecule has 0 aromatic heterocycles. The average Bonchev–Trinajstić information content (AvgIpc) is 3.06. The number of fused-ring (bicyclic) bond motifs is 2. The molecule has 1 unspecified atom stereocenters. The van der Waals surface area contributed by atoms with E-state index in [1.54, 1.807) is 4.90 Å². The number of likely N-dealkylation sites (tertiary alicyclic amines) is 1. The molecule has 0 radical (unpaired) electrons. The smallest absolute Gasteiger partial charge is 0.311 e. The van der Waals surface area contributed by atoms with Crippen molar-refractivity contribution < 1.29 is 24.2 Å². The Morgan fingerprint density at radius 1 is 1.23 bits per heavy atom. The van der Waals surface area contributed by atoms with Crippen LogP contribution < -0.4 is 0 Å². The molecule has 30 heavy (non-hydrogen) atoms. The Morgan fingerprint density at radius 3 is 2.70 bits per heavy atom. The first-order valence-corrected chi connectivity index (χ1v) is 11.5. The lowest BCUT2D eigenvalue weighted by molar-refractivity contribution is -0.153. The van der Waals surface area contributed by atoms with Gasteiger partial charge in [-0.2, -0.15) is 0 Å². The lowest BCUT2D eigenvalue weighted by atomic mass is 9.78. The number of esters is 1. The topological polar surface area (TPSA) is 87.2 Å². The second-order valence-electron chi connectivity index (χ2n) is 9.36. The van der Waals surface area contributed by atoms with Crippen LogP contribution in [0.5, 0.6) is 0 Å². The number of carbonyl (C=O) groups excluding carboxylic acids is 3. The van der Waals surface area contributed by atoms with E-state index in [4.69, 9.17) is 4.74 Å². The van der Waals surface area contributed by atoms with Crippen LogP contribution in [0.2, 0.25) is 0 Å². The Balaban J connectivity index is 1.84. The summed E-state index contributed by atoms with van der Waals surface area (Å²) in [6.45, 7) is 6.54. The number of rotatable bonds is 2. The Hall–Kier alpha value is -1.80. The van der Waals surface area contributed by atoms with E-state index in [0.29, 0.717) is 13.2 Å². The van der Waals surface area contributed by atoms with Crippen LogP contribution in [-0.4, -0.2) is 80.6 Å². The number of aliphatic hydroxyl groups is 1. The van der Waals surface area contributed by atoms with E-state index in [-0.39, 0.29) is 36.2 Å². The van der Waals surface area contributed by atoms with Crippen molar-refractivity contribution in [3.05, 3.63) is 24.3 Å². The normalized spacial score (nSPS) is 37.5. The Labute approximate surface area is 181 Å². The summed E-state index contributed by atoms with van der Waals surface area (Å²) in [6, 6.07) is -0.748. The molecular formula is C22H30N2O5S. The highest BCUT2D eigenvalue weighted by Crippen LogP contribution is 2.60. The predicted molar refractivity (Wildman–Crippen MR) is 114 cm³/mol. The molecule has 0 aromatic rings. The number of aliphatic hydroxyl groups excluding tert-OH is 1. The molecule has 4 aliphatic rings. The van der Waals surface area contributed by atoms with Gasteiger partial charge in [-0.25, -0.2) is 0 Å². The molecule has 2 amide bonds. The molecule has 0 aromatic carbocycles. The molecule has 2 saturated heterocycles. The molecule has 0 saturated carbocycles. The molecule has 1 spiro atoms. The second-order valence-corrected chi connectivity index (χ2v) is 10.8. The van der Waals surface area contributed by atoms with Crippen molar-refractivity contribution in [3.63, 3.8) is 0 Å². The first-order valence-electron chi connectivity index (χ1n) is 10.6. The first kappa shape index (κ1) is 21.4. The van der Waals surface area contributed by atoms with E-state index in [9.17, 15) is 19.5 Å².